The van der Waals surface area contributed by atoms with Crippen LogP contribution in [0.3, 0.4) is 0 Å². The van der Waals surface area contributed by atoms with Gasteiger partial charge in [0, 0.05) is 0 Å². The second-order valence-electron chi connectivity index (χ2n) is 8.38. The molecule has 1 aliphatic rings. The van der Waals surface area contributed by atoms with Crippen molar-refractivity contribution in [3.8, 4) is 0 Å². The predicted molar refractivity (Wildman–Crippen MR) is 132 cm³/mol. The molecule has 174 valence electrons. The van der Waals surface area contributed by atoms with Crippen LogP contribution >= 0.6 is 0 Å². The third-order valence-corrected chi connectivity index (χ3v) is 6.29. The quantitative estimate of drug-likeness (QED) is 0.196. The molecule has 0 radical (unpaired) electrons. The van der Waals surface area contributed by atoms with Crippen LogP contribution in [0.15, 0.2) is 121 Å². The zero-order valence-corrected chi connectivity index (χ0v) is 19.1. The van der Waals surface area contributed by atoms with Gasteiger partial charge in [-0.3, -0.25) is 4.90 Å². The summed E-state index contributed by atoms with van der Waals surface area (Å²) in [5.74, 6) is -0.616. The number of nitrogens with zero attached hydrogens (tertiary/aromatic N) is 1. The number of amides is 1. The molecule has 1 saturated heterocycles. The summed E-state index contributed by atoms with van der Waals surface area (Å²) in [6, 6.07) is 38.0. The van der Waals surface area contributed by atoms with Crippen LogP contribution in [0.25, 0.3) is 0 Å². The molecule has 5 nitrogen and oxygen atoms in total. The molecule has 35 heavy (non-hydrogen) atoms. The van der Waals surface area contributed by atoms with E-state index >= 15 is 0 Å². The van der Waals surface area contributed by atoms with E-state index in [0.717, 1.165) is 22.3 Å². The second kappa shape index (κ2) is 9.95. The smallest absolute Gasteiger partial charge is 0.374 e. The molecule has 4 aromatic rings. The van der Waals surface area contributed by atoms with E-state index in [1.165, 1.54) is 0 Å². The third kappa shape index (κ3) is 4.22. The number of benzene rings is 4. The largest absolute Gasteiger partial charge is 0.419 e. The van der Waals surface area contributed by atoms with E-state index in [2.05, 4.69) is 0 Å². The van der Waals surface area contributed by atoms with Gasteiger partial charge in [0.15, 0.2) is 6.04 Å². The normalized spacial score (nSPS) is 15.8. The van der Waals surface area contributed by atoms with Gasteiger partial charge >= 0.3 is 12.1 Å². The van der Waals surface area contributed by atoms with Gasteiger partial charge < -0.3 is 9.47 Å². The predicted octanol–water partition coefficient (Wildman–Crippen LogP) is 5.54. The lowest BCUT2D eigenvalue weighted by Gasteiger charge is -2.44. The summed E-state index contributed by atoms with van der Waals surface area (Å²) in [6.45, 7) is 0.329. The van der Waals surface area contributed by atoms with Gasteiger partial charge in [0.05, 0.1) is 13.2 Å². The molecule has 1 aliphatic heterocycles. The molecular weight excluding hydrogens is 438 g/mol. The van der Waals surface area contributed by atoms with Gasteiger partial charge in [0.2, 0.25) is 0 Å². The Kier molecular flexibility index (Phi) is 6.42. The lowest BCUT2D eigenvalue weighted by atomic mass is 9.75. The van der Waals surface area contributed by atoms with Crippen LogP contribution in [0.4, 0.5) is 4.79 Å². The standard InChI is InChI=1S/C30H25NO4/c32-28-27(22-34-21-23-13-5-1-6-14-23)31(29(33)35-28)30(24-15-7-2-8-16-24,25-17-9-3-10-18-25)26-19-11-4-12-20-26/h1-20,27H,21-22H2. The van der Waals surface area contributed by atoms with Crippen molar-refractivity contribution in [3.63, 3.8) is 0 Å². The van der Waals surface area contributed by atoms with Crippen LogP contribution in [-0.4, -0.2) is 29.6 Å². The average molecular weight is 464 g/mol. The van der Waals surface area contributed by atoms with Crippen molar-refractivity contribution in [2.45, 2.75) is 18.2 Å². The monoisotopic (exact) mass is 463 g/mol. The zero-order valence-electron chi connectivity index (χ0n) is 19.1. The maximum Gasteiger partial charge on any atom is 0.419 e. The van der Waals surface area contributed by atoms with Crippen LogP contribution in [0.1, 0.15) is 22.3 Å². The van der Waals surface area contributed by atoms with E-state index in [4.69, 9.17) is 9.47 Å². The molecule has 0 saturated carbocycles. The van der Waals surface area contributed by atoms with Crippen molar-refractivity contribution < 1.29 is 19.1 Å². The number of hydrogen-bond donors (Lipinski definition) is 0. The van der Waals surface area contributed by atoms with Crippen molar-refractivity contribution in [2.24, 2.45) is 0 Å². The minimum atomic E-state index is -1.10. The van der Waals surface area contributed by atoms with E-state index in [9.17, 15) is 9.59 Å². The Morgan fingerprint density at radius 2 is 1.09 bits per heavy atom. The van der Waals surface area contributed by atoms with E-state index in [0.29, 0.717) is 6.61 Å². The van der Waals surface area contributed by atoms with E-state index in [1.54, 1.807) is 4.90 Å². The number of carbonyl (C=O) groups is 2. The molecule has 0 spiro atoms. The van der Waals surface area contributed by atoms with Crippen molar-refractivity contribution >= 4 is 12.1 Å². The van der Waals surface area contributed by atoms with Gasteiger partial charge in [0.1, 0.15) is 5.54 Å². The first kappa shape index (κ1) is 22.6. The molecule has 0 aromatic heterocycles. The van der Waals surface area contributed by atoms with Gasteiger partial charge in [-0.2, -0.15) is 0 Å². The number of rotatable bonds is 8. The maximum absolute atomic E-state index is 13.4. The van der Waals surface area contributed by atoms with Crippen molar-refractivity contribution in [3.05, 3.63) is 144 Å². The summed E-state index contributed by atoms with van der Waals surface area (Å²) in [5, 5.41) is 0. The Labute approximate surface area is 204 Å². The second-order valence-corrected chi connectivity index (χ2v) is 8.38. The Hall–Kier alpha value is -4.22. The zero-order chi connectivity index (χ0) is 24.1. The van der Waals surface area contributed by atoms with Gasteiger partial charge in [-0.1, -0.05) is 121 Å². The highest BCUT2D eigenvalue weighted by atomic mass is 16.6. The fourth-order valence-electron chi connectivity index (χ4n) is 4.77. The fraction of sp³-hybridized carbons (Fsp3) is 0.133. The van der Waals surface area contributed by atoms with E-state index in [-0.39, 0.29) is 6.61 Å². The molecule has 1 unspecified atom stereocenters. The maximum atomic E-state index is 13.4. The number of esters is 1. The molecule has 1 heterocycles. The highest BCUT2D eigenvalue weighted by Crippen LogP contribution is 2.45. The molecule has 5 rings (SSSR count). The molecule has 1 atom stereocenters. The molecule has 1 fully saturated rings. The molecule has 0 bridgehead atoms. The SMILES string of the molecule is O=C1OC(=O)N(C(c2ccccc2)(c2ccccc2)c2ccccc2)C1COCc1ccccc1. The van der Waals surface area contributed by atoms with Crippen molar-refractivity contribution in [1.82, 2.24) is 4.90 Å². The van der Waals surface area contributed by atoms with Crippen LogP contribution in [-0.2, 0) is 26.4 Å². The Morgan fingerprint density at radius 3 is 1.54 bits per heavy atom. The lowest BCUT2D eigenvalue weighted by Crippen LogP contribution is -2.54. The first-order chi connectivity index (χ1) is 17.2. The van der Waals surface area contributed by atoms with Gasteiger partial charge in [-0.25, -0.2) is 9.59 Å². The minimum Gasteiger partial charge on any atom is -0.374 e. The summed E-state index contributed by atoms with van der Waals surface area (Å²) in [7, 11) is 0. The van der Waals surface area contributed by atoms with Crippen LogP contribution in [0.5, 0.6) is 0 Å². The molecule has 1 amide bonds. The summed E-state index contributed by atoms with van der Waals surface area (Å²) in [5.41, 5.74) is 2.41. The Balaban J connectivity index is 1.64. The van der Waals surface area contributed by atoms with Crippen molar-refractivity contribution in [2.75, 3.05) is 6.61 Å². The summed E-state index contributed by atoms with van der Waals surface area (Å²) in [4.78, 5) is 28.0. The Morgan fingerprint density at radius 1 is 0.657 bits per heavy atom. The molecule has 4 aromatic carbocycles. The van der Waals surface area contributed by atoms with Gasteiger partial charge in [-0.15, -0.1) is 0 Å². The lowest BCUT2D eigenvalue weighted by molar-refractivity contribution is -0.137. The number of hydrogen-bond acceptors (Lipinski definition) is 4. The number of cyclic esters (lactones) is 2. The highest BCUT2D eigenvalue weighted by Gasteiger charge is 2.55. The van der Waals surface area contributed by atoms with Gasteiger partial charge in [0.25, 0.3) is 0 Å². The summed E-state index contributed by atoms with van der Waals surface area (Å²) < 4.78 is 11.2. The van der Waals surface area contributed by atoms with E-state index < -0.39 is 23.6 Å². The summed E-state index contributed by atoms with van der Waals surface area (Å²) in [6.07, 6.45) is -0.695. The average Bonchev–Trinajstić information content (AvgIpc) is 3.20. The Bertz CT molecular complexity index is 1180. The molecule has 0 aliphatic carbocycles. The van der Waals surface area contributed by atoms with Crippen molar-refractivity contribution in [1.29, 1.82) is 0 Å². The molecule has 5 heteroatoms. The molecule has 0 N–H and O–H groups in total. The van der Waals surface area contributed by atoms with Crippen LogP contribution in [0.2, 0.25) is 0 Å². The number of carbonyl (C=O) groups excluding carboxylic acids is 2. The summed E-state index contributed by atoms with van der Waals surface area (Å²) >= 11 is 0. The minimum absolute atomic E-state index is 0.00766. The number of ether oxygens (including phenoxy) is 2. The van der Waals surface area contributed by atoms with E-state index in [1.807, 2.05) is 121 Å². The molecular formula is C30H25NO4. The fourth-order valence-corrected chi connectivity index (χ4v) is 4.77. The highest BCUT2D eigenvalue weighted by molar-refractivity contribution is 5.97. The van der Waals surface area contributed by atoms with Crippen LogP contribution in [0, 0.1) is 0 Å². The first-order valence-corrected chi connectivity index (χ1v) is 11.5. The van der Waals surface area contributed by atoms with Crippen LogP contribution < -0.4 is 0 Å². The topological polar surface area (TPSA) is 55.8 Å². The third-order valence-electron chi connectivity index (χ3n) is 6.29. The van der Waals surface area contributed by atoms with Gasteiger partial charge in [-0.05, 0) is 22.3 Å². The first-order valence-electron chi connectivity index (χ1n) is 11.5.